The van der Waals surface area contributed by atoms with Crippen LogP contribution in [0.2, 0.25) is 0 Å². The number of aromatic nitrogens is 1. The van der Waals surface area contributed by atoms with Crippen molar-refractivity contribution in [1.29, 1.82) is 0 Å². The molecule has 4 heteroatoms. The molecule has 3 nitrogen and oxygen atoms in total. The average molecular weight is 250 g/mol. The lowest BCUT2D eigenvalue weighted by atomic mass is 10.2. The van der Waals surface area contributed by atoms with Crippen molar-refractivity contribution < 1.29 is 4.79 Å². The fraction of sp³-hybridized carbons (Fsp3) is 0.538. The van der Waals surface area contributed by atoms with Gasteiger partial charge in [0.15, 0.2) is 0 Å². The molecule has 1 aromatic heterocycles. The van der Waals surface area contributed by atoms with E-state index in [2.05, 4.69) is 4.98 Å². The van der Waals surface area contributed by atoms with Crippen LogP contribution < -0.4 is 0 Å². The van der Waals surface area contributed by atoms with Crippen molar-refractivity contribution in [3.05, 3.63) is 30.1 Å². The van der Waals surface area contributed by atoms with Gasteiger partial charge in [-0.2, -0.15) is 0 Å². The van der Waals surface area contributed by atoms with Crippen LogP contribution in [0.1, 0.15) is 18.4 Å². The fourth-order valence-corrected chi connectivity index (χ4v) is 3.25. The van der Waals surface area contributed by atoms with E-state index in [0.717, 1.165) is 25.1 Å². The van der Waals surface area contributed by atoms with Gasteiger partial charge < -0.3 is 4.90 Å². The normalized spacial score (nSPS) is 19.2. The van der Waals surface area contributed by atoms with Crippen LogP contribution in [-0.4, -0.2) is 40.4 Å². The lowest BCUT2D eigenvalue weighted by Gasteiger charge is -2.20. The molecule has 1 aromatic rings. The highest BCUT2D eigenvalue weighted by molar-refractivity contribution is 8.00. The van der Waals surface area contributed by atoms with Crippen molar-refractivity contribution in [3.8, 4) is 0 Å². The van der Waals surface area contributed by atoms with Gasteiger partial charge in [0.25, 0.3) is 0 Å². The Labute approximate surface area is 107 Å². The van der Waals surface area contributed by atoms with Gasteiger partial charge >= 0.3 is 0 Å². The summed E-state index contributed by atoms with van der Waals surface area (Å²) in [4.78, 5) is 17.9. The molecule has 0 spiro atoms. The zero-order valence-electron chi connectivity index (χ0n) is 10.1. The molecule has 0 aromatic carbocycles. The number of rotatable bonds is 4. The molecule has 0 bridgehead atoms. The van der Waals surface area contributed by atoms with Gasteiger partial charge in [-0.3, -0.25) is 9.78 Å². The standard InChI is InChI=1S/C13H18N2OS/c1-15(13(16)12-3-2-10-17-12)9-6-11-4-7-14-8-5-11/h4-5,7-8,12H,2-3,6,9-10H2,1H3. The van der Waals surface area contributed by atoms with E-state index in [-0.39, 0.29) is 5.25 Å². The van der Waals surface area contributed by atoms with Crippen LogP contribution in [-0.2, 0) is 11.2 Å². The van der Waals surface area contributed by atoms with Crippen LogP contribution in [0, 0.1) is 0 Å². The minimum atomic E-state index is 0.206. The van der Waals surface area contributed by atoms with Gasteiger partial charge in [-0.05, 0) is 42.7 Å². The van der Waals surface area contributed by atoms with Gasteiger partial charge in [-0.15, -0.1) is 11.8 Å². The van der Waals surface area contributed by atoms with Crippen LogP contribution in [0.15, 0.2) is 24.5 Å². The van der Waals surface area contributed by atoms with E-state index in [1.807, 2.05) is 24.1 Å². The first-order valence-corrected chi connectivity index (χ1v) is 7.08. The second kappa shape index (κ2) is 6.05. The van der Waals surface area contributed by atoms with Crippen LogP contribution in [0.5, 0.6) is 0 Å². The SMILES string of the molecule is CN(CCc1ccncc1)C(=O)C1CCCS1. The maximum absolute atomic E-state index is 12.1. The van der Waals surface area contributed by atoms with E-state index in [1.54, 1.807) is 24.2 Å². The van der Waals surface area contributed by atoms with Crippen LogP contribution >= 0.6 is 11.8 Å². The average Bonchev–Trinajstić information content (AvgIpc) is 2.90. The highest BCUT2D eigenvalue weighted by Crippen LogP contribution is 2.27. The fourth-order valence-electron chi connectivity index (χ4n) is 1.97. The monoisotopic (exact) mass is 250 g/mol. The summed E-state index contributed by atoms with van der Waals surface area (Å²) >= 11 is 1.80. The van der Waals surface area contributed by atoms with Crippen LogP contribution in [0.4, 0.5) is 0 Å². The van der Waals surface area contributed by atoms with Gasteiger partial charge in [-0.1, -0.05) is 0 Å². The number of likely N-dealkylation sites (N-methyl/N-ethyl adjacent to an activating group) is 1. The minimum absolute atomic E-state index is 0.206. The van der Waals surface area contributed by atoms with Crippen LogP contribution in [0.25, 0.3) is 0 Å². The van der Waals surface area contributed by atoms with Crippen molar-refractivity contribution in [1.82, 2.24) is 9.88 Å². The molecule has 2 rings (SSSR count). The number of hydrogen-bond acceptors (Lipinski definition) is 3. The zero-order chi connectivity index (χ0) is 12.1. The largest absolute Gasteiger partial charge is 0.344 e. The molecule has 17 heavy (non-hydrogen) atoms. The highest BCUT2D eigenvalue weighted by Gasteiger charge is 2.25. The predicted octanol–water partition coefficient (Wildman–Crippen LogP) is 1.98. The van der Waals surface area contributed by atoms with Crippen molar-refractivity contribution in [2.45, 2.75) is 24.5 Å². The molecule has 0 aliphatic carbocycles. The topological polar surface area (TPSA) is 33.2 Å². The number of pyridine rings is 1. The predicted molar refractivity (Wildman–Crippen MR) is 71.1 cm³/mol. The van der Waals surface area contributed by atoms with E-state index < -0.39 is 0 Å². The lowest BCUT2D eigenvalue weighted by Crippen LogP contribution is -2.35. The molecular formula is C13H18N2OS. The quantitative estimate of drug-likeness (QED) is 0.819. The third kappa shape index (κ3) is 3.46. The first-order chi connectivity index (χ1) is 8.27. The summed E-state index contributed by atoms with van der Waals surface area (Å²) in [7, 11) is 1.91. The first-order valence-electron chi connectivity index (χ1n) is 6.03. The van der Waals surface area contributed by atoms with Crippen molar-refractivity contribution in [2.75, 3.05) is 19.3 Å². The smallest absolute Gasteiger partial charge is 0.235 e. The second-order valence-corrected chi connectivity index (χ2v) is 5.68. The summed E-state index contributed by atoms with van der Waals surface area (Å²) in [6, 6.07) is 4.01. The molecule has 92 valence electrons. The van der Waals surface area contributed by atoms with E-state index in [9.17, 15) is 4.79 Å². The molecule has 1 amide bonds. The zero-order valence-corrected chi connectivity index (χ0v) is 10.9. The third-order valence-corrected chi connectivity index (χ3v) is 4.43. The molecular weight excluding hydrogens is 232 g/mol. The van der Waals surface area contributed by atoms with Crippen molar-refractivity contribution >= 4 is 17.7 Å². The Morgan fingerprint density at radius 2 is 2.29 bits per heavy atom. The summed E-state index contributed by atoms with van der Waals surface area (Å²) in [6.45, 7) is 0.792. The van der Waals surface area contributed by atoms with Crippen LogP contribution in [0.3, 0.4) is 0 Å². The number of thioether (sulfide) groups is 1. The molecule has 0 saturated carbocycles. The second-order valence-electron chi connectivity index (χ2n) is 4.37. The summed E-state index contributed by atoms with van der Waals surface area (Å²) in [5, 5.41) is 0.206. The Morgan fingerprint density at radius 3 is 2.94 bits per heavy atom. The van der Waals surface area contributed by atoms with E-state index in [1.165, 1.54) is 12.0 Å². The Morgan fingerprint density at radius 1 is 1.53 bits per heavy atom. The Bertz CT molecular complexity index is 363. The number of amides is 1. The number of carbonyl (C=O) groups is 1. The van der Waals surface area contributed by atoms with E-state index in [0.29, 0.717) is 5.91 Å². The summed E-state index contributed by atoms with van der Waals surface area (Å²) in [6.07, 6.45) is 6.72. The van der Waals surface area contributed by atoms with Crippen molar-refractivity contribution in [2.24, 2.45) is 0 Å². The van der Waals surface area contributed by atoms with Crippen molar-refractivity contribution in [3.63, 3.8) is 0 Å². The summed E-state index contributed by atoms with van der Waals surface area (Å²) in [5.41, 5.74) is 1.23. The van der Waals surface area contributed by atoms with Gasteiger partial charge in [0.2, 0.25) is 5.91 Å². The van der Waals surface area contributed by atoms with E-state index >= 15 is 0 Å². The molecule has 1 saturated heterocycles. The third-order valence-electron chi connectivity index (χ3n) is 3.07. The maximum atomic E-state index is 12.1. The molecule has 1 aliphatic heterocycles. The number of nitrogens with zero attached hydrogens (tertiary/aromatic N) is 2. The molecule has 0 N–H and O–H groups in total. The summed E-state index contributed by atoms with van der Waals surface area (Å²) in [5.74, 6) is 1.43. The lowest BCUT2D eigenvalue weighted by molar-refractivity contribution is -0.129. The van der Waals surface area contributed by atoms with Gasteiger partial charge in [0.05, 0.1) is 5.25 Å². The highest BCUT2D eigenvalue weighted by atomic mass is 32.2. The van der Waals surface area contributed by atoms with Gasteiger partial charge in [-0.25, -0.2) is 0 Å². The molecule has 1 unspecified atom stereocenters. The number of hydrogen-bond donors (Lipinski definition) is 0. The Hall–Kier alpha value is -1.03. The first kappa shape index (κ1) is 12.4. The van der Waals surface area contributed by atoms with Gasteiger partial charge in [0, 0.05) is 26.0 Å². The molecule has 0 radical (unpaired) electrons. The Balaban J connectivity index is 1.80. The maximum Gasteiger partial charge on any atom is 0.235 e. The van der Waals surface area contributed by atoms with Gasteiger partial charge in [0.1, 0.15) is 0 Å². The molecule has 2 heterocycles. The van der Waals surface area contributed by atoms with E-state index in [4.69, 9.17) is 0 Å². The molecule has 1 atom stereocenters. The minimum Gasteiger partial charge on any atom is -0.344 e. The Kier molecular flexibility index (Phi) is 4.42. The number of carbonyl (C=O) groups excluding carboxylic acids is 1. The molecule has 1 aliphatic rings. The molecule has 1 fully saturated rings. The summed E-state index contributed by atoms with van der Waals surface area (Å²) < 4.78 is 0.